The van der Waals surface area contributed by atoms with E-state index in [2.05, 4.69) is 0 Å². The van der Waals surface area contributed by atoms with Crippen LogP contribution in [0.3, 0.4) is 0 Å². The number of rotatable bonds is 6. The SMILES string of the molecule is COc1ccc(/C(O)=C2/C(=O)C(=O)N(c3ccc(N(C)C)cc3)C2c2ccccc2)c(OC)c1. The van der Waals surface area contributed by atoms with Crippen molar-refractivity contribution < 1.29 is 24.2 Å². The van der Waals surface area contributed by atoms with Crippen LogP contribution in [0.1, 0.15) is 17.2 Å². The van der Waals surface area contributed by atoms with Gasteiger partial charge in [0, 0.05) is 31.5 Å². The van der Waals surface area contributed by atoms with Gasteiger partial charge in [0.05, 0.1) is 31.4 Å². The lowest BCUT2D eigenvalue weighted by Crippen LogP contribution is -2.29. The third-order valence-electron chi connectivity index (χ3n) is 5.87. The molecule has 0 saturated carbocycles. The van der Waals surface area contributed by atoms with Crippen molar-refractivity contribution >= 4 is 28.8 Å². The second-order valence-electron chi connectivity index (χ2n) is 8.06. The third-order valence-corrected chi connectivity index (χ3v) is 5.87. The number of nitrogens with zero attached hydrogens (tertiary/aromatic N) is 2. The summed E-state index contributed by atoms with van der Waals surface area (Å²) in [5.74, 6) is -0.917. The van der Waals surface area contributed by atoms with Gasteiger partial charge < -0.3 is 19.5 Å². The Hall–Kier alpha value is -4.26. The lowest BCUT2D eigenvalue weighted by atomic mass is 9.95. The number of amides is 1. The van der Waals surface area contributed by atoms with Crippen molar-refractivity contribution in [1.29, 1.82) is 0 Å². The van der Waals surface area contributed by atoms with Crippen LogP contribution in [0.2, 0.25) is 0 Å². The van der Waals surface area contributed by atoms with E-state index in [1.54, 1.807) is 30.3 Å². The van der Waals surface area contributed by atoms with Crippen molar-refractivity contribution in [3.63, 3.8) is 0 Å². The van der Waals surface area contributed by atoms with Crippen LogP contribution in [0.15, 0.2) is 78.4 Å². The van der Waals surface area contributed by atoms with Crippen LogP contribution < -0.4 is 19.3 Å². The summed E-state index contributed by atoms with van der Waals surface area (Å²) in [6, 6.07) is 20.6. The molecule has 1 saturated heterocycles. The molecule has 0 aromatic heterocycles. The quantitative estimate of drug-likeness (QED) is 0.335. The molecule has 1 fully saturated rings. The zero-order valence-corrected chi connectivity index (χ0v) is 19.5. The van der Waals surface area contributed by atoms with E-state index < -0.39 is 17.7 Å². The number of hydrogen-bond acceptors (Lipinski definition) is 6. The van der Waals surface area contributed by atoms with Crippen LogP contribution in [-0.4, -0.2) is 45.1 Å². The van der Waals surface area contributed by atoms with Crippen molar-refractivity contribution in [2.75, 3.05) is 38.1 Å². The molecule has 1 N–H and O–H groups in total. The molecule has 7 nitrogen and oxygen atoms in total. The number of aliphatic hydroxyl groups is 1. The molecular weight excluding hydrogens is 432 g/mol. The number of hydrogen-bond donors (Lipinski definition) is 1. The largest absolute Gasteiger partial charge is 0.507 e. The second kappa shape index (κ2) is 9.31. The predicted octanol–water partition coefficient (Wildman–Crippen LogP) is 4.40. The fourth-order valence-corrected chi connectivity index (χ4v) is 4.10. The van der Waals surface area contributed by atoms with Crippen molar-refractivity contribution in [3.05, 3.63) is 89.5 Å². The smallest absolute Gasteiger partial charge is 0.300 e. The van der Waals surface area contributed by atoms with E-state index >= 15 is 0 Å². The van der Waals surface area contributed by atoms with E-state index in [1.165, 1.54) is 19.1 Å². The van der Waals surface area contributed by atoms with Crippen molar-refractivity contribution in [3.8, 4) is 11.5 Å². The Balaban J connectivity index is 1.92. The average molecular weight is 459 g/mol. The van der Waals surface area contributed by atoms with Crippen LogP contribution >= 0.6 is 0 Å². The van der Waals surface area contributed by atoms with E-state index in [9.17, 15) is 14.7 Å². The lowest BCUT2D eigenvalue weighted by Gasteiger charge is -2.26. The van der Waals surface area contributed by atoms with E-state index in [-0.39, 0.29) is 11.3 Å². The Bertz CT molecular complexity index is 1250. The second-order valence-corrected chi connectivity index (χ2v) is 8.06. The molecule has 0 spiro atoms. The van der Waals surface area contributed by atoms with Crippen LogP contribution in [0.25, 0.3) is 5.76 Å². The minimum absolute atomic E-state index is 0.00338. The summed E-state index contributed by atoms with van der Waals surface area (Å²) in [6.45, 7) is 0. The van der Waals surface area contributed by atoms with Crippen LogP contribution in [0.4, 0.5) is 11.4 Å². The third kappa shape index (κ3) is 3.96. The standard InChI is InChI=1S/C27H26N2O5/c1-28(2)18-10-12-19(13-11-18)29-24(17-8-6-5-7-9-17)23(26(31)27(29)32)25(30)21-15-14-20(33-3)16-22(21)34-4/h5-16,24,30H,1-4H3/b25-23-. The highest BCUT2D eigenvalue weighted by Crippen LogP contribution is 2.43. The zero-order valence-electron chi connectivity index (χ0n) is 19.5. The minimum atomic E-state index is -0.807. The maximum absolute atomic E-state index is 13.3. The zero-order chi connectivity index (χ0) is 24.4. The number of anilines is 2. The highest BCUT2D eigenvalue weighted by molar-refractivity contribution is 6.51. The van der Waals surface area contributed by atoms with Crippen LogP contribution in [-0.2, 0) is 9.59 Å². The van der Waals surface area contributed by atoms with Gasteiger partial charge in [-0.1, -0.05) is 30.3 Å². The van der Waals surface area contributed by atoms with Crippen molar-refractivity contribution in [2.45, 2.75) is 6.04 Å². The summed E-state index contributed by atoms with van der Waals surface area (Å²) >= 11 is 0. The summed E-state index contributed by atoms with van der Waals surface area (Å²) < 4.78 is 10.7. The average Bonchev–Trinajstić information content (AvgIpc) is 3.14. The van der Waals surface area contributed by atoms with Gasteiger partial charge in [0.2, 0.25) is 0 Å². The molecule has 174 valence electrons. The molecule has 0 radical (unpaired) electrons. The molecule has 1 amide bonds. The maximum atomic E-state index is 13.3. The Labute approximate surface area is 198 Å². The van der Waals surface area contributed by atoms with Gasteiger partial charge in [0.25, 0.3) is 11.7 Å². The molecule has 1 aliphatic rings. The summed E-state index contributed by atoms with van der Waals surface area (Å²) in [7, 11) is 6.84. The fraction of sp³-hybridized carbons (Fsp3) is 0.185. The molecule has 1 unspecified atom stereocenters. The molecule has 0 bridgehead atoms. The summed E-state index contributed by atoms with van der Waals surface area (Å²) in [6.07, 6.45) is 0. The number of methoxy groups -OCH3 is 2. The molecule has 3 aromatic rings. The maximum Gasteiger partial charge on any atom is 0.300 e. The number of carbonyl (C=O) groups is 2. The first-order valence-electron chi connectivity index (χ1n) is 10.7. The van der Waals surface area contributed by atoms with E-state index in [0.717, 1.165) is 5.69 Å². The minimum Gasteiger partial charge on any atom is -0.507 e. The van der Waals surface area contributed by atoms with Gasteiger partial charge in [0.1, 0.15) is 17.3 Å². The van der Waals surface area contributed by atoms with Gasteiger partial charge in [-0.2, -0.15) is 0 Å². The van der Waals surface area contributed by atoms with Crippen molar-refractivity contribution in [2.24, 2.45) is 0 Å². The monoisotopic (exact) mass is 458 g/mol. The first kappa shape index (κ1) is 22.9. The Morgan fingerprint density at radius 1 is 0.912 bits per heavy atom. The normalized spacial score (nSPS) is 17.1. The van der Waals surface area contributed by atoms with Crippen LogP contribution in [0.5, 0.6) is 11.5 Å². The van der Waals surface area contributed by atoms with E-state index in [0.29, 0.717) is 28.3 Å². The van der Waals surface area contributed by atoms with Gasteiger partial charge in [-0.25, -0.2) is 0 Å². The number of ketones is 1. The van der Waals surface area contributed by atoms with Gasteiger partial charge in [0.15, 0.2) is 0 Å². The molecule has 7 heteroatoms. The van der Waals surface area contributed by atoms with Gasteiger partial charge in [-0.05, 0) is 42.0 Å². The molecule has 4 rings (SSSR count). The number of benzene rings is 3. The molecule has 34 heavy (non-hydrogen) atoms. The fourth-order valence-electron chi connectivity index (χ4n) is 4.10. The molecule has 1 aliphatic heterocycles. The summed E-state index contributed by atoms with van der Waals surface area (Å²) in [5, 5.41) is 11.3. The molecular formula is C27H26N2O5. The Morgan fingerprint density at radius 2 is 1.59 bits per heavy atom. The molecule has 3 aromatic carbocycles. The predicted molar refractivity (Wildman–Crippen MR) is 132 cm³/mol. The first-order valence-corrected chi connectivity index (χ1v) is 10.7. The lowest BCUT2D eigenvalue weighted by molar-refractivity contribution is -0.132. The molecule has 1 heterocycles. The summed E-state index contributed by atoms with van der Waals surface area (Å²) in [5.41, 5.74) is 2.51. The van der Waals surface area contributed by atoms with E-state index in [4.69, 9.17) is 9.47 Å². The Kier molecular flexibility index (Phi) is 6.27. The highest BCUT2D eigenvalue weighted by Gasteiger charge is 2.47. The summed E-state index contributed by atoms with van der Waals surface area (Å²) in [4.78, 5) is 30.0. The van der Waals surface area contributed by atoms with Gasteiger partial charge >= 0.3 is 0 Å². The van der Waals surface area contributed by atoms with Gasteiger partial charge in [-0.3, -0.25) is 14.5 Å². The van der Waals surface area contributed by atoms with Gasteiger partial charge in [-0.15, -0.1) is 0 Å². The molecule has 1 atom stereocenters. The highest BCUT2D eigenvalue weighted by atomic mass is 16.5. The topological polar surface area (TPSA) is 79.3 Å². The molecule has 0 aliphatic carbocycles. The number of Topliss-reactive ketones (excluding diaryl/α,β-unsaturated/α-hetero) is 1. The number of aliphatic hydroxyl groups excluding tert-OH is 1. The van der Waals surface area contributed by atoms with Crippen LogP contribution in [0, 0.1) is 0 Å². The Morgan fingerprint density at radius 3 is 2.18 bits per heavy atom. The number of ether oxygens (including phenoxy) is 2. The van der Waals surface area contributed by atoms with Crippen molar-refractivity contribution in [1.82, 2.24) is 0 Å². The first-order chi connectivity index (χ1) is 16.4. The number of carbonyl (C=O) groups excluding carboxylic acids is 2. The van der Waals surface area contributed by atoms with E-state index in [1.807, 2.05) is 61.5 Å².